The molecular formula is C13H18N2O3S. The van der Waals surface area contributed by atoms with Gasteiger partial charge in [0.1, 0.15) is 0 Å². The smallest absolute Gasteiger partial charge is 0.243 e. The fourth-order valence-electron chi connectivity index (χ4n) is 1.73. The number of carbonyl (C=O) groups excluding carboxylic acids is 1. The summed E-state index contributed by atoms with van der Waals surface area (Å²) in [5, 5.41) is 2.79. The first-order valence-electron chi connectivity index (χ1n) is 6.40. The molecule has 0 atom stereocenters. The molecule has 1 amide bonds. The van der Waals surface area contributed by atoms with Crippen molar-refractivity contribution in [1.29, 1.82) is 0 Å². The largest absolute Gasteiger partial charge is 0.356 e. The van der Waals surface area contributed by atoms with Crippen LogP contribution in [0.2, 0.25) is 0 Å². The van der Waals surface area contributed by atoms with Crippen LogP contribution in [0.3, 0.4) is 0 Å². The molecule has 1 aromatic carbocycles. The topological polar surface area (TPSA) is 66.2 Å². The first-order chi connectivity index (χ1) is 9.04. The number of hydrogen-bond acceptors (Lipinski definition) is 3. The number of nitrogens with zero attached hydrogens (tertiary/aromatic N) is 1. The van der Waals surface area contributed by atoms with Gasteiger partial charge >= 0.3 is 0 Å². The minimum Gasteiger partial charge on any atom is -0.356 e. The summed E-state index contributed by atoms with van der Waals surface area (Å²) in [5.41, 5.74) is 1.01. The Kier molecular flexibility index (Phi) is 4.21. The molecule has 104 valence electrons. The lowest BCUT2D eigenvalue weighted by atomic mass is 10.1. The summed E-state index contributed by atoms with van der Waals surface area (Å²) in [6.07, 6.45) is 1.18. The van der Waals surface area contributed by atoms with Gasteiger partial charge in [0, 0.05) is 26.1 Å². The van der Waals surface area contributed by atoms with Gasteiger partial charge in [0.05, 0.1) is 4.90 Å². The van der Waals surface area contributed by atoms with E-state index in [2.05, 4.69) is 5.32 Å². The van der Waals surface area contributed by atoms with Crippen LogP contribution in [0.1, 0.15) is 18.9 Å². The van der Waals surface area contributed by atoms with Crippen LogP contribution in [0, 0.1) is 0 Å². The zero-order chi connectivity index (χ0) is 13.9. The van der Waals surface area contributed by atoms with Crippen molar-refractivity contribution in [1.82, 2.24) is 9.62 Å². The molecule has 1 saturated heterocycles. The molecule has 2 rings (SSSR count). The molecule has 1 aliphatic rings. The van der Waals surface area contributed by atoms with Crippen molar-refractivity contribution in [3.05, 3.63) is 29.8 Å². The Bertz CT molecular complexity index is 548. The molecule has 1 aromatic rings. The molecule has 5 nitrogen and oxygen atoms in total. The minimum absolute atomic E-state index is 0.0285. The summed E-state index contributed by atoms with van der Waals surface area (Å²) in [7, 11) is -3.26. The maximum absolute atomic E-state index is 11.9. The van der Waals surface area contributed by atoms with Gasteiger partial charge in [-0.3, -0.25) is 4.79 Å². The fourth-order valence-corrected chi connectivity index (χ4v) is 3.07. The van der Waals surface area contributed by atoms with Crippen molar-refractivity contribution in [3.8, 4) is 0 Å². The van der Waals surface area contributed by atoms with Crippen molar-refractivity contribution in [3.63, 3.8) is 0 Å². The van der Waals surface area contributed by atoms with Crippen molar-refractivity contribution in [2.75, 3.05) is 19.6 Å². The van der Waals surface area contributed by atoms with Crippen molar-refractivity contribution < 1.29 is 13.2 Å². The Morgan fingerprint density at radius 2 is 1.89 bits per heavy atom. The number of hydrogen-bond donors (Lipinski definition) is 1. The van der Waals surface area contributed by atoms with E-state index in [9.17, 15) is 13.2 Å². The van der Waals surface area contributed by atoms with Gasteiger partial charge in [0.2, 0.25) is 15.9 Å². The molecule has 1 fully saturated rings. The van der Waals surface area contributed by atoms with Gasteiger partial charge in [-0.05, 0) is 24.1 Å². The molecule has 0 aromatic heterocycles. The van der Waals surface area contributed by atoms with E-state index < -0.39 is 10.0 Å². The standard InChI is InChI=1S/C13H18N2O3S/c1-2-13(16)14-8-7-11-3-5-12(6-4-11)19(17,18)15-9-10-15/h3-6H,2,7-10H2,1H3,(H,14,16). The summed E-state index contributed by atoms with van der Waals surface area (Å²) in [6.45, 7) is 3.62. The Labute approximate surface area is 113 Å². The van der Waals surface area contributed by atoms with Crippen LogP contribution in [0.15, 0.2) is 29.2 Å². The number of carbonyl (C=O) groups is 1. The van der Waals surface area contributed by atoms with E-state index in [-0.39, 0.29) is 5.91 Å². The lowest BCUT2D eigenvalue weighted by Gasteiger charge is -2.06. The third kappa shape index (κ3) is 3.54. The number of amides is 1. The molecule has 0 unspecified atom stereocenters. The second kappa shape index (κ2) is 5.71. The molecule has 0 spiro atoms. The third-order valence-corrected chi connectivity index (χ3v) is 4.94. The fraction of sp³-hybridized carbons (Fsp3) is 0.462. The Morgan fingerprint density at radius 3 is 2.42 bits per heavy atom. The number of sulfonamides is 1. The maximum atomic E-state index is 11.9. The molecule has 0 bridgehead atoms. The Morgan fingerprint density at radius 1 is 1.26 bits per heavy atom. The molecule has 1 N–H and O–H groups in total. The highest BCUT2D eigenvalue weighted by Gasteiger charge is 2.32. The summed E-state index contributed by atoms with van der Waals surface area (Å²) in [5.74, 6) is 0.0285. The van der Waals surface area contributed by atoms with Gasteiger partial charge < -0.3 is 5.32 Å². The van der Waals surface area contributed by atoms with Crippen LogP contribution >= 0.6 is 0 Å². The van der Waals surface area contributed by atoms with Crippen LogP contribution in [0.25, 0.3) is 0 Å². The third-order valence-electron chi connectivity index (χ3n) is 3.02. The highest BCUT2D eigenvalue weighted by Crippen LogP contribution is 2.21. The van der Waals surface area contributed by atoms with Crippen LogP contribution in [0.4, 0.5) is 0 Å². The normalized spacial score (nSPS) is 15.2. The van der Waals surface area contributed by atoms with Crippen molar-refractivity contribution in [2.24, 2.45) is 0 Å². The lowest BCUT2D eigenvalue weighted by Crippen LogP contribution is -2.24. The first kappa shape index (κ1) is 14.0. The Hall–Kier alpha value is -1.40. The number of benzene rings is 1. The highest BCUT2D eigenvalue weighted by molar-refractivity contribution is 7.89. The van der Waals surface area contributed by atoms with E-state index >= 15 is 0 Å². The van der Waals surface area contributed by atoms with Crippen LogP contribution < -0.4 is 5.32 Å². The summed E-state index contributed by atoms with van der Waals surface area (Å²) in [4.78, 5) is 11.4. The van der Waals surface area contributed by atoms with Gasteiger partial charge in [-0.1, -0.05) is 19.1 Å². The lowest BCUT2D eigenvalue weighted by molar-refractivity contribution is -0.120. The quantitative estimate of drug-likeness (QED) is 0.783. The van der Waals surface area contributed by atoms with Gasteiger partial charge in [0.25, 0.3) is 0 Å². The highest BCUT2D eigenvalue weighted by atomic mass is 32.2. The van der Waals surface area contributed by atoms with Crippen LogP contribution in [-0.2, 0) is 21.2 Å². The summed E-state index contributed by atoms with van der Waals surface area (Å²) >= 11 is 0. The van der Waals surface area contributed by atoms with E-state index in [1.165, 1.54) is 4.31 Å². The van der Waals surface area contributed by atoms with E-state index in [0.717, 1.165) is 5.56 Å². The molecule has 6 heteroatoms. The molecule has 0 aliphatic carbocycles. The minimum atomic E-state index is -3.26. The maximum Gasteiger partial charge on any atom is 0.243 e. The SMILES string of the molecule is CCC(=O)NCCc1ccc(S(=O)(=O)N2CC2)cc1. The van der Waals surface area contributed by atoms with E-state index in [0.29, 0.717) is 37.4 Å². The molecular weight excluding hydrogens is 264 g/mol. The number of rotatable bonds is 6. The summed E-state index contributed by atoms with van der Waals surface area (Å²) < 4.78 is 25.3. The van der Waals surface area contributed by atoms with Gasteiger partial charge in [-0.15, -0.1) is 0 Å². The van der Waals surface area contributed by atoms with Gasteiger partial charge in [0.15, 0.2) is 0 Å². The number of nitrogens with one attached hydrogen (secondary N) is 1. The van der Waals surface area contributed by atoms with Gasteiger partial charge in [-0.2, -0.15) is 4.31 Å². The van der Waals surface area contributed by atoms with Crippen molar-refractivity contribution >= 4 is 15.9 Å². The monoisotopic (exact) mass is 282 g/mol. The first-order valence-corrected chi connectivity index (χ1v) is 7.84. The van der Waals surface area contributed by atoms with Crippen molar-refractivity contribution in [2.45, 2.75) is 24.7 Å². The second-order valence-electron chi connectivity index (χ2n) is 4.50. The molecule has 0 saturated carbocycles. The average Bonchev–Trinajstić information content (AvgIpc) is 3.24. The predicted molar refractivity (Wildman–Crippen MR) is 72.2 cm³/mol. The Balaban J connectivity index is 1.93. The molecule has 1 aliphatic heterocycles. The van der Waals surface area contributed by atoms with E-state index in [1.807, 2.05) is 6.92 Å². The van der Waals surface area contributed by atoms with Gasteiger partial charge in [-0.25, -0.2) is 8.42 Å². The average molecular weight is 282 g/mol. The summed E-state index contributed by atoms with van der Waals surface area (Å²) in [6, 6.07) is 6.86. The zero-order valence-corrected chi connectivity index (χ0v) is 11.7. The van der Waals surface area contributed by atoms with E-state index in [4.69, 9.17) is 0 Å². The van der Waals surface area contributed by atoms with Crippen LogP contribution in [-0.4, -0.2) is 38.3 Å². The van der Waals surface area contributed by atoms with E-state index in [1.54, 1.807) is 24.3 Å². The molecule has 0 radical (unpaired) electrons. The molecule has 19 heavy (non-hydrogen) atoms. The predicted octanol–water partition coefficient (Wildman–Crippen LogP) is 0.760. The van der Waals surface area contributed by atoms with Crippen LogP contribution in [0.5, 0.6) is 0 Å². The second-order valence-corrected chi connectivity index (χ2v) is 6.44. The zero-order valence-electron chi connectivity index (χ0n) is 10.9. The molecule has 1 heterocycles.